The Balaban J connectivity index is 2.07. The van der Waals surface area contributed by atoms with Gasteiger partial charge in [-0.05, 0) is 32.6 Å². The summed E-state index contributed by atoms with van der Waals surface area (Å²) in [6.45, 7) is 9.43. The largest absolute Gasteiger partial charge is 0.257 e. The zero-order valence-corrected chi connectivity index (χ0v) is 27.6. The molecular weight excluding hydrogens is 472 g/mol. The van der Waals surface area contributed by atoms with Crippen molar-refractivity contribution in [2.45, 2.75) is 219 Å². The molecule has 2 nitrogen and oxygen atoms in total. The van der Waals surface area contributed by atoms with E-state index in [9.17, 15) is 0 Å². The molecule has 0 spiro atoms. The van der Waals surface area contributed by atoms with Crippen LogP contribution in [0.2, 0.25) is 0 Å². The van der Waals surface area contributed by atoms with Gasteiger partial charge >= 0.3 is 0 Å². The van der Waals surface area contributed by atoms with Gasteiger partial charge in [-0.3, -0.25) is 0 Å². The van der Waals surface area contributed by atoms with Crippen LogP contribution < -0.4 is 4.57 Å². The van der Waals surface area contributed by atoms with E-state index < -0.39 is 0 Å². The van der Waals surface area contributed by atoms with Gasteiger partial charge in [0.25, 0.3) is 5.82 Å². The van der Waals surface area contributed by atoms with Crippen LogP contribution in [0.25, 0.3) is 0 Å². The van der Waals surface area contributed by atoms with E-state index >= 15 is 0 Å². The van der Waals surface area contributed by atoms with Gasteiger partial charge < -0.3 is 0 Å². The van der Waals surface area contributed by atoms with E-state index in [0.717, 1.165) is 0 Å². The van der Waals surface area contributed by atoms with Crippen molar-refractivity contribution >= 4 is 0 Å². The molecule has 0 fully saturated rings. The van der Waals surface area contributed by atoms with Gasteiger partial charge in [-0.1, -0.05) is 175 Å². The van der Waals surface area contributed by atoms with Gasteiger partial charge in [0.05, 0.1) is 12.0 Å². The highest BCUT2D eigenvalue weighted by Gasteiger charge is 2.24. The number of hydrogen-bond donors (Lipinski definition) is 1. The summed E-state index contributed by atoms with van der Waals surface area (Å²) in [7, 11) is 0. The maximum atomic E-state index is 3.64. The minimum absolute atomic E-state index is 0.620. The van der Waals surface area contributed by atoms with Gasteiger partial charge in [-0.2, -0.15) is 0 Å². The van der Waals surface area contributed by atoms with Crippen LogP contribution in [0.5, 0.6) is 0 Å². The highest BCUT2D eigenvalue weighted by atomic mass is 15.1. The normalized spacial score (nSPS) is 13.2. The van der Waals surface area contributed by atoms with E-state index in [0.29, 0.717) is 12.0 Å². The molecule has 2 unspecified atom stereocenters. The number of nitrogens with one attached hydrogen (secondary N) is 1. The molecule has 1 rings (SSSR count). The molecule has 0 aliphatic rings. The van der Waals surface area contributed by atoms with Crippen LogP contribution in [0.3, 0.4) is 0 Å². The Labute approximate surface area is 246 Å². The molecule has 0 saturated heterocycles. The number of nitrogens with zero attached hydrogens (tertiary/aromatic N) is 1. The minimum atomic E-state index is 0.620. The Hall–Kier alpha value is -0.790. The predicted octanol–water partition coefficient (Wildman–Crippen LogP) is 12.9. The fourth-order valence-corrected chi connectivity index (χ4v) is 6.43. The van der Waals surface area contributed by atoms with Gasteiger partial charge in [0, 0.05) is 0 Å². The summed E-state index contributed by atoms with van der Waals surface area (Å²) in [5.74, 6) is 2.18. The number of aromatic nitrogens is 2. The number of aromatic amines is 1. The van der Waals surface area contributed by atoms with Crippen LogP contribution in [0.15, 0.2) is 12.4 Å². The van der Waals surface area contributed by atoms with Crippen LogP contribution in [-0.4, -0.2) is 4.98 Å². The topological polar surface area (TPSA) is 19.7 Å². The lowest BCUT2D eigenvalue weighted by Crippen LogP contribution is -2.41. The summed E-state index contributed by atoms with van der Waals surface area (Å²) < 4.78 is 2.58. The summed E-state index contributed by atoms with van der Waals surface area (Å²) in [4.78, 5) is 3.64. The molecule has 0 aliphatic carbocycles. The lowest BCUT2D eigenvalue weighted by molar-refractivity contribution is -0.727. The lowest BCUT2D eigenvalue weighted by Gasteiger charge is -2.16. The van der Waals surface area contributed by atoms with Gasteiger partial charge in [-0.15, -0.1) is 0 Å². The molecule has 0 aliphatic heterocycles. The number of hydrogen-bond acceptors (Lipinski definition) is 0. The van der Waals surface area contributed by atoms with Crippen molar-refractivity contribution in [1.29, 1.82) is 0 Å². The van der Waals surface area contributed by atoms with Crippen molar-refractivity contribution in [3.8, 4) is 0 Å². The zero-order valence-electron chi connectivity index (χ0n) is 27.6. The van der Waals surface area contributed by atoms with Gasteiger partial charge in [0.2, 0.25) is 0 Å². The second-order valence-corrected chi connectivity index (χ2v) is 12.9. The lowest BCUT2D eigenvalue weighted by atomic mass is 9.96. The van der Waals surface area contributed by atoms with Crippen molar-refractivity contribution in [1.82, 2.24) is 4.98 Å². The van der Waals surface area contributed by atoms with Crippen molar-refractivity contribution in [3.63, 3.8) is 0 Å². The molecule has 0 bridgehead atoms. The maximum absolute atomic E-state index is 3.64. The number of imidazole rings is 1. The highest BCUT2D eigenvalue weighted by molar-refractivity contribution is 4.89. The minimum Gasteiger partial charge on any atom is -0.247 e. The van der Waals surface area contributed by atoms with Crippen LogP contribution in [0.1, 0.15) is 225 Å². The molecule has 0 saturated carbocycles. The molecule has 1 heterocycles. The van der Waals surface area contributed by atoms with Crippen molar-refractivity contribution in [3.05, 3.63) is 18.2 Å². The van der Waals surface area contributed by atoms with Crippen LogP contribution in [-0.2, 0) is 0 Å². The molecule has 1 N–H and O–H groups in total. The summed E-state index contributed by atoms with van der Waals surface area (Å²) in [5.41, 5.74) is 0. The van der Waals surface area contributed by atoms with Gasteiger partial charge in [0.15, 0.2) is 0 Å². The van der Waals surface area contributed by atoms with E-state index in [1.165, 1.54) is 186 Å². The van der Waals surface area contributed by atoms with Crippen LogP contribution in [0, 0.1) is 0 Å². The van der Waals surface area contributed by atoms with Crippen molar-refractivity contribution in [2.24, 2.45) is 0 Å². The molecule has 0 aromatic carbocycles. The Morgan fingerprint density at radius 2 is 0.872 bits per heavy atom. The average molecular weight is 546 g/mol. The van der Waals surface area contributed by atoms with Crippen molar-refractivity contribution < 1.29 is 4.57 Å². The highest BCUT2D eigenvalue weighted by Crippen LogP contribution is 2.24. The number of unbranched alkanes of at least 4 members (excludes halogenated alkanes) is 23. The predicted molar refractivity (Wildman–Crippen MR) is 175 cm³/mol. The molecule has 0 radical (unpaired) electrons. The van der Waals surface area contributed by atoms with E-state index in [1.54, 1.807) is 0 Å². The van der Waals surface area contributed by atoms with Crippen LogP contribution in [0.4, 0.5) is 0 Å². The van der Waals surface area contributed by atoms with Crippen molar-refractivity contribution in [2.75, 3.05) is 0 Å². The Kier molecular flexibility index (Phi) is 25.4. The Morgan fingerprint density at radius 3 is 1.26 bits per heavy atom. The molecule has 2 atom stereocenters. The van der Waals surface area contributed by atoms with E-state index in [2.05, 4.69) is 49.6 Å². The van der Waals surface area contributed by atoms with Gasteiger partial charge in [-0.25, -0.2) is 9.55 Å². The monoisotopic (exact) mass is 546 g/mol. The second kappa shape index (κ2) is 27.4. The first-order valence-electron chi connectivity index (χ1n) is 18.3. The molecule has 2 heteroatoms. The summed E-state index contributed by atoms with van der Waals surface area (Å²) in [6, 6.07) is 0.620. The third kappa shape index (κ3) is 19.8. The molecule has 1 aromatic rings. The fraction of sp³-hybridized carbons (Fsp3) is 0.919. The first-order valence-corrected chi connectivity index (χ1v) is 18.3. The Bertz CT molecular complexity index is 606. The number of rotatable bonds is 30. The van der Waals surface area contributed by atoms with E-state index in [-0.39, 0.29) is 0 Å². The van der Waals surface area contributed by atoms with E-state index in [1.807, 2.05) is 0 Å². The van der Waals surface area contributed by atoms with Gasteiger partial charge in [0.1, 0.15) is 12.4 Å². The molecule has 39 heavy (non-hydrogen) atoms. The average Bonchev–Trinajstić information content (AvgIpc) is 3.44. The third-order valence-electron chi connectivity index (χ3n) is 9.23. The van der Waals surface area contributed by atoms with E-state index in [4.69, 9.17) is 0 Å². The summed E-state index contributed by atoms with van der Waals surface area (Å²) in [6.07, 6.45) is 44.4. The summed E-state index contributed by atoms with van der Waals surface area (Å²) >= 11 is 0. The number of H-pyrrole nitrogens is 1. The van der Waals surface area contributed by atoms with Crippen LogP contribution >= 0.6 is 0 Å². The first-order chi connectivity index (χ1) is 19.2. The molecule has 0 amide bonds. The maximum Gasteiger partial charge on any atom is 0.257 e. The smallest absolute Gasteiger partial charge is 0.247 e. The summed E-state index contributed by atoms with van der Waals surface area (Å²) in [5, 5.41) is 0. The molecule has 1 aromatic heterocycles. The second-order valence-electron chi connectivity index (χ2n) is 12.9. The standard InChI is InChI=1S/C37H72N2/c1-5-8-10-12-14-16-18-19-20-21-22-23-25-27-29-31-35(4)39-34-33-38-37(39)36(7-3)32-30-28-26-24-17-15-13-11-9-6-2/h33-36H,5-32H2,1-4H3/p+1. The Morgan fingerprint density at radius 1 is 0.513 bits per heavy atom. The molecule has 230 valence electrons. The third-order valence-corrected chi connectivity index (χ3v) is 9.23. The quantitative estimate of drug-likeness (QED) is 0.0732. The fourth-order valence-electron chi connectivity index (χ4n) is 6.43. The first kappa shape index (κ1) is 36.2. The molecular formula is C37H73N2+. The zero-order chi connectivity index (χ0) is 28.2. The SMILES string of the molecule is CCCCCCCCCCCCCCCCCC(C)[n+]1cc[nH]c1C(CC)CCCCCCCCCCCC.